The van der Waals surface area contributed by atoms with E-state index in [4.69, 9.17) is 4.74 Å². The molecule has 0 aromatic heterocycles. The van der Waals surface area contributed by atoms with E-state index in [9.17, 15) is 14.7 Å². The van der Waals surface area contributed by atoms with Gasteiger partial charge in [-0.3, -0.25) is 9.59 Å². The molecule has 3 fully saturated rings. The second-order valence-electron chi connectivity index (χ2n) is 13.5. The third-order valence-corrected chi connectivity index (χ3v) is 9.83. The predicted molar refractivity (Wildman–Crippen MR) is 166 cm³/mol. The van der Waals surface area contributed by atoms with Crippen molar-refractivity contribution in [2.45, 2.75) is 76.4 Å². The van der Waals surface area contributed by atoms with Crippen LogP contribution in [0.1, 0.15) is 75.2 Å². The maximum atomic E-state index is 14.3. The van der Waals surface area contributed by atoms with E-state index in [0.29, 0.717) is 43.2 Å². The van der Waals surface area contributed by atoms with Crippen molar-refractivity contribution in [3.63, 3.8) is 0 Å². The number of hydrogen-bond acceptors (Lipinski definition) is 5. The maximum Gasteiger partial charge on any atom is 0.308 e. The zero-order valence-electron chi connectivity index (χ0n) is 25.2. The highest BCUT2D eigenvalue weighted by molar-refractivity contribution is 5.98. The first-order valence-electron chi connectivity index (χ1n) is 15.7. The Morgan fingerprint density at radius 1 is 1.00 bits per heavy atom. The summed E-state index contributed by atoms with van der Waals surface area (Å²) in [5.41, 5.74) is 0.231. The van der Waals surface area contributed by atoms with Crippen molar-refractivity contribution in [3.8, 4) is 5.75 Å². The van der Waals surface area contributed by atoms with Crippen LogP contribution in [-0.2, 0) is 10.2 Å². The van der Waals surface area contributed by atoms with Crippen LogP contribution in [0.3, 0.4) is 0 Å². The summed E-state index contributed by atoms with van der Waals surface area (Å²) in [6.45, 7) is 8.99. The Morgan fingerprint density at radius 2 is 1.79 bits per heavy atom. The van der Waals surface area contributed by atoms with Gasteiger partial charge in [0, 0.05) is 43.6 Å². The standard InChI is InChI=1S/C36H44N2O4/c1-25(2)22-38(34(40)30-14-13-28-7-4-5-8-29(28)19-30)32-15-16-36(41)24-37(23-27-11-12-27)18-17-35(36,21-32)31-9-6-10-33(20-31)42-26(3)39/h4-10,13-14,19-20,25,27,32,41H,11-12,15-18,21-24H2,1-3H3. The molecule has 3 atom stereocenters. The molecule has 3 unspecified atom stereocenters. The van der Waals surface area contributed by atoms with E-state index in [2.05, 4.69) is 41.8 Å². The van der Waals surface area contributed by atoms with Crippen LogP contribution < -0.4 is 4.74 Å². The molecule has 1 saturated heterocycles. The fraction of sp³-hybridized carbons (Fsp3) is 0.500. The molecule has 2 aliphatic carbocycles. The number of aliphatic hydroxyl groups is 1. The van der Waals surface area contributed by atoms with Gasteiger partial charge in [-0.2, -0.15) is 0 Å². The molecular formula is C36H44N2O4. The SMILES string of the molecule is CC(=O)Oc1cccc(C23CCN(CC4CC4)CC2(O)CCC(N(CC(C)C)C(=O)c2ccc4ccccc4c2)C3)c1. The summed E-state index contributed by atoms with van der Waals surface area (Å²) in [5.74, 6) is 1.26. The lowest BCUT2D eigenvalue weighted by atomic mass is 9.55. The van der Waals surface area contributed by atoms with Crippen LogP contribution in [0.25, 0.3) is 10.8 Å². The van der Waals surface area contributed by atoms with E-state index < -0.39 is 11.0 Å². The molecule has 3 aromatic carbocycles. The summed E-state index contributed by atoms with van der Waals surface area (Å²) in [6, 6.07) is 21.9. The van der Waals surface area contributed by atoms with Crippen molar-refractivity contribution in [2.75, 3.05) is 26.2 Å². The molecule has 0 spiro atoms. The minimum absolute atomic E-state index is 0.0148. The first kappa shape index (κ1) is 28.9. The number of rotatable bonds is 8. The van der Waals surface area contributed by atoms with Crippen molar-refractivity contribution in [1.82, 2.24) is 9.80 Å². The van der Waals surface area contributed by atoms with E-state index >= 15 is 0 Å². The molecule has 1 N–H and O–H groups in total. The number of likely N-dealkylation sites (tertiary alicyclic amines) is 1. The normalized spacial score (nSPS) is 26.2. The Labute approximate surface area is 249 Å². The average Bonchev–Trinajstić information content (AvgIpc) is 3.78. The monoisotopic (exact) mass is 568 g/mol. The molecule has 6 heteroatoms. The second-order valence-corrected chi connectivity index (χ2v) is 13.5. The number of carbonyl (C=O) groups excluding carboxylic acids is 2. The Bertz CT molecular complexity index is 1470. The van der Waals surface area contributed by atoms with Crippen LogP contribution in [0.2, 0.25) is 0 Å². The number of nitrogens with zero attached hydrogens (tertiary/aromatic N) is 2. The minimum atomic E-state index is -0.930. The summed E-state index contributed by atoms with van der Waals surface area (Å²) >= 11 is 0. The molecule has 3 aromatic rings. The number of esters is 1. The van der Waals surface area contributed by atoms with Gasteiger partial charge < -0.3 is 19.6 Å². The molecule has 222 valence electrons. The number of benzene rings is 3. The van der Waals surface area contributed by atoms with Crippen molar-refractivity contribution < 1.29 is 19.4 Å². The highest BCUT2D eigenvalue weighted by Crippen LogP contribution is 2.53. The van der Waals surface area contributed by atoms with Crippen molar-refractivity contribution in [1.29, 1.82) is 0 Å². The zero-order chi connectivity index (χ0) is 29.5. The predicted octanol–water partition coefficient (Wildman–Crippen LogP) is 6.20. The summed E-state index contributed by atoms with van der Waals surface area (Å²) in [6.07, 6.45) is 5.43. The summed E-state index contributed by atoms with van der Waals surface area (Å²) < 4.78 is 5.50. The summed E-state index contributed by atoms with van der Waals surface area (Å²) in [4.78, 5) is 30.6. The van der Waals surface area contributed by atoms with Gasteiger partial charge in [0.15, 0.2) is 0 Å². The Hall–Kier alpha value is -3.22. The lowest BCUT2D eigenvalue weighted by Crippen LogP contribution is -2.67. The number of piperidine rings is 1. The molecule has 42 heavy (non-hydrogen) atoms. The van der Waals surface area contributed by atoms with Crippen LogP contribution in [0.5, 0.6) is 5.75 Å². The summed E-state index contributed by atoms with van der Waals surface area (Å²) in [5, 5.41) is 14.8. The number of β-amino-alcohol motifs (C(OH)–C–C–N with tert-alkyl or cyclic N) is 1. The Kier molecular flexibility index (Phi) is 7.88. The van der Waals surface area contributed by atoms with Crippen LogP contribution in [-0.4, -0.2) is 64.6 Å². The molecule has 1 heterocycles. The van der Waals surface area contributed by atoms with E-state index in [-0.39, 0.29) is 17.9 Å². The van der Waals surface area contributed by atoms with Crippen molar-refractivity contribution in [2.24, 2.45) is 11.8 Å². The fourth-order valence-corrected chi connectivity index (χ4v) is 7.62. The number of carbonyl (C=O) groups is 2. The molecule has 2 saturated carbocycles. The number of ether oxygens (including phenoxy) is 1. The smallest absolute Gasteiger partial charge is 0.308 e. The van der Waals surface area contributed by atoms with Crippen LogP contribution in [0, 0.1) is 11.8 Å². The van der Waals surface area contributed by atoms with Crippen LogP contribution in [0.4, 0.5) is 0 Å². The molecule has 3 aliphatic rings. The van der Waals surface area contributed by atoms with Crippen molar-refractivity contribution >= 4 is 22.6 Å². The molecule has 6 rings (SSSR count). The fourth-order valence-electron chi connectivity index (χ4n) is 7.62. The maximum absolute atomic E-state index is 14.3. The number of fused-ring (bicyclic) bond motifs is 2. The van der Waals surface area contributed by atoms with E-state index in [1.807, 2.05) is 42.5 Å². The largest absolute Gasteiger partial charge is 0.427 e. The van der Waals surface area contributed by atoms with Crippen LogP contribution in [0.15, 0.2) is 66.7 Å². The van der Waals surface area contributed by atoms with Gasteiger partial charge in [-0.25, -0.2) is 0 Å². The van der Waals surface area contributed by atoms with Gasteiger partial charge in [0.2, 0.25) is 0 Å². The topological polar surface area (TPSA) is 70.1 Å². The molecule has 1 amide bonds. The number of amides is 1. The molecule has 1 aliphatic heterocycles. The third-order valence-electron chi connectivity index (χ3n) is 9.83. The molecule has 0 bridgehead atoms. The molecule has 6 nitrogen and oxygen atoms in total. The average molecular weight is 569 g/mol. The zero-order valence-corrected chi connectivity index (χ0v) is 25.2. The minimum Gasteiger partial charge on any atom is -0.427 e. The lowest BCUT2D eigenvalue weighted by Gasteiger charge is -2.59. The van der Waals surface area contributed by atoms with Gasteiger partial charge in [-0.05, 0) is 97.5 Å². The highest BCUT2D eigenvalue weighted by Gasteiger charge is 2.58. The second kappa shape index (κ2) is 11.5. The van der Waals surface area contributed by atoms with Gasteiger partial charge in [-0.15, -0.1) is 0 Å². The quantitative estimate of drug-likeness (QED) is 0.259. The Morgan fingerprint density at radius 3 is 2.52 bits per heavy atom. The van der Waals surface area contributed by atoms with Crippen molar-refractivity contribution in [3.05, 3.63) is 77.9 Å². The first-order valence-corrected chi connectivity index (χ1v) is 15.7. The summed E-state index contributed by atoms with van der Waals surface area (Å²) in [7, 11) is 0. The van der Waals surface area contributed by atoms with Crippen LogP contribution >= 0.6 is 0 Å². The lowest BCUT2D eigenvalue weighted by molar-refractivity contribution is -0.134. The van der Waals surface area contributed by atoms with Gasteiger partial charge in [0.25, 0.3) is 5.91 Å². The Balaban J connectivity index is 1.36. The van der Waals surface area contributed by atoms with Gasteiger partial charge in [0.1, 0.15) is 5.75 Å². The van der Waals surface area contributed by atoms with Gasteiger partial charge in [-0.1, -0.05) is 56.3 Å². The van der Waals surface area contributed by atoms with Gasteiger partial charge in [0.05, 0.1) is 5.60 Å². The van der Waals surface area contributed by atoms with E-state index in [1.54, 1.807) is 6.07 Å². The number of hydrogen-bond donors (Lipinski definition) is 1. The molecule has 0 radical (unpaired) electrons. The third kappa shape index (κ3) is 5.71. The highest BCUT2D eigenvalue weighted by atomic mass is 16.5. The van der Waals surface area contributed by atoms with E-state index in [0.717, 1.165) is 48.2 Å². The van der Waals surface area contributed by atoms with Gasteiger partial charge >= 0.3 is 5.97 Å². The first-order chi connectivity index (χ1) is 20.2. The molecular weight excluding hydrogens is 524 g/mol. The van der Waals surface area contributed by atoms with E-state index in [1.165, 1.54) is 19.8 Å².